The Bertz CT molecular complexity index is 1050. The lowest BCUT2D eigenvalue weighted by Crippen LogP contribution is -2.46. The summed E-state index contributed by atoms with van der Waals surface area (Å²) in [6, 6.07) is 31.3. The Hall–Kier alpha value is -2.37. The molecule has 0 saturated carbocycles. The van der Waals surface area contributed by atoms with Gasteiger partial charge in [-0.05, 0) is 40.7 Å². The molecule has 2 aliphatic heterocycles. The summed E-state index contributed by atoms with van der Waals surface area (Å²) in [6.07, 6.45) is 1.77. The van der Waals surface area contributed by atoms with Crippen LogP contribution in [0.1, 0.15) is 30.9 Å². The average molecular weight is 459 g/mol. The lowest BCUT2D eigenvalue weighted by molar-refractivity contribution is -0.182. The molecule has 2 heterocycles. The van der Waals surface area contributed by atoms with E-state index in [9.17, 15) is 0 Å². The predicted molar refractivity (Wildman–Crippen MR) is 133 cm³/mol. The summed E-state index contributed by atoms with van der Waals surface area (Å²) in [6.45, 7) is 3.38. The van der Waals surface area contributed by atoms with Crippen LogP contribution in [-0.2, 0) is 27.4 Å². The molecule has 0 aliphatic carbocycles. The van der Waals surface area contributed by atoms with Gasteiger partial charge in [-0.15, -0.1) is 0 Å². The van der Waals surface area contributed by atoms with Crippen LogP contribution in [0.2, 0.25) is 0 Å². The second kappa shape index (κ2) is 10.7. The van der Waals surface area contributed by atoms with E-state index in [1.807, 2.05) is 23.9 Å². The van der Waals surface area contributed by atoms with Crippen molar-refractivity contribution in [3.05, 3.63) is 113 Å². The molecule has 3 nitrogen and oxygen atoms in total. The van der Waals surface area contributed by atoms with E-state index in [1.165, 1.54) is 26.5 Å². The average Bonchev–Trinajstić information content (AvgIpc) is 3.22. The molecule has 170 valence electrons. The zero-order valence-corrected chi connectivity index (χ0v) is 19.7. The third kappa shape index (κ3) is 5.59. The monoisotopic (exact) mass is 458 g/mol. The number of hydrogen-bond acceptors (Lipinski definition) is 4. The van der Waals surface area contributed by atoms with Gasteiger partial charge in [-0.2, -0.15) is 0 Å². The molecule has 3 aromatic carbocycles. The molecular weight excluding hydrogens is 428 g/mol. The van der Waals surface area contributed by atoms with Gasteiger partial charge in [0.1, 0.15) is 6.10 Å². The fraction of sp³-hybridized carbons (Fsp3) is 0.310. The molecule has 33 heavy (non-hydrogen) atoms. The fourth-order valence-corrected chi connectivity index (χ4v) is 5.68. The number of allylic oxidation sites excluding steroid dienone is 1. The second-order valence-electron chi connectivity index (χ2n) is 8.70. The van der Waals surface area contributed by atoms with Crippen molar-refractivity contribution >= 4 is 11.8 Å². The Kier molecular flexibility index (Phi) is 7.27. The van der Waals surface area contributed by atoms with E-state index in [4.69, 9.17) is 14.2 Å². The molecule has 2 fully saturated rings. The first kappa shape index (κ1) is 22.4. The van der Waals surface area contributed by atoms with Gasteiger partial charge in [0.25, 0.3) is 0 Å². The van der Waals surface area contributed by atoms with Gasteiger partial charge in [0.15, 0.2) is 0 Å². The fourth-order valence-electron chi connectivity index (χ4n) is 4.69. The van der Waals surface area contributed by atoms with Crippen molar-refractivity contribution in [2.24, 2.45) is 0 Å². The van der Waals surface area contributed by atoms with Crippen LogP contribution in [0.4, 0.5) is 0 Å². The summed E-state index contributed by atoms with van der Waals surface area (Å²) >= 11 is 1.83. The highest BCUT2D eigenvalue weighted by atomic mass is 32.2. The van der Waals surface area contributed by atoms with Crippen molar-refractivity contribution in [3.63, 3.8) is 0 Å². The van der Waals surface area contributed by atoms with Crippen molar-refractivity contribution in [1.82, 2.24) is 0 Å². The zero-order valence-electron chi connectivity index (χ0n) is 18.9. The Morgan fingerprint density at radius 3 is 2.03 bits per heavy atom. The standard InChI is InChI=1S/C29H30O3S/c1-21(33-24-15-9-4-10-16-24)25-17-28-29(31-20-23-13-7-3-8-14-23)27(18-26(25)32-28)30-19-22-11-5-2-6-12-22/h2-16,26-29H,17-20H2,1H3/b25-21-/t26-,27+,28-,29-/m0/s1. The lowest BCUT2D eigenvalue weighted by Gasteiger charge is -2.36. The molecule has 5 rings (SSSR count). The largest absolute Gasteiger partial charge is 0.371 e. The van der Waals surface area contributed by atoms with Crippen molar-refractivity contribution in [1.29, 1.82) is 0 Å². The third-order valence-electron chi connectivity index (χ3n) is 6.39. The van der Waals surface area contributed by atoms with E-state index in [0.29, 0.717) is 13.2 Å². The molecule has 0 radical (unpaired) electrons. The zero-order chi connectivity index (χ0) is 22.5. The Morgan fingerprint density at radius 2 is 1.39 bits per heavy atom. The number of ether oxygens (including phenoxy) is 3. The van der Waals surface area contributed by atoms with E-state index in [1.54, 1.807) is 0 Å². The quantitative estimate of drug-likeness (QED) is 0.348. The summed E-state index contributed by atoms with van der Waals surface area (Å²) in [5.74, 6) is 0. The smallest absolute Gasteiger partial charge is 0.111 e. The van der Waals surface area contributed by atoms with Crippen LogP contribution in [0.25, 0.3) is 0 Å². The van der Waals surface area contributed by atoms with Gasteiger partial charge >= 0.3 is 0 Å². The number of hydrogen-bond donors (Lipinski definition) is 0. The van der Waals surface area contributed by atoms with Crippen LogP contribution < -0.4 is 0 Å². The van der Waals surface area contributed by atoms with Gasteiger partial charge in [-0.25, -0.2) is 0 Å². The Labute approximate surface area is 200 Å². The molecule has 0 spiro atoms. The maximum atomic E-state index is 6.48. The van der Waals surface area contributed by atoms with Crippen molar-refractivity contribution in [2.45, 2.75) is 62.3 Å². The summed E-state index contributed by atoms with van der Waals surface area (Å²) in [5, 5.41) is 0. The van der Waals surface area contributed by atoms with Gasteiger partial charge in [0, 0.05) is 17.7 Å². The van der Waals surface area contributed by atoms with Crippen molar-refractivity contribution in [2.75, 3.05) is 0 Å². The van der Waals surface area contributed by atoms with Crippen LogP contribution in [-0.4, -0.2) is 24.4 Å². The van der Waals surface area contributed by atoms with E-state index in [0.717, 1.165) is 12.8 Å². The summed E-state index contributed by atoms with van der Waals surface area (Å²) < 4.78 is 19.4. The van der Waals surface area contributed by atoms with Gasteiger partial charge in [0.2, 0.25) is 0 Å². The van der Waals surface area contributed by atoms with Crippen LogP contribution in [0.5, 0.6) is 0 Å². The highest BCUT2D eigenvalue weighted by molar-refractivity contribution is 8.03. The molecule has 2 bridgehead atoms. The molecular formula is C29H30O3S. The van der Waals surface area contributed by atoms with Crippen LogP contribution in [0.3, 0.4) is 0 Å². The highest BCUT2D eigenvalue weighted by Crippen LogP contribution is 2.44. The molecule has 3 aromatic rings. The maximum Gasteiger partial charge on any atom is 0.111 e. The molecule has 0 unspecified atom stereocenters. The maximum absolute atomic E-state index is 6.48. The first-order valence-corrected chi connectivity index (χ1v) is 12.5. The Morgan fingerprint density at radius 1 is 0.818 bits per heavy atom. The molecule has 0 N–H and O–H groups in total. The minimum atomic E-state index is -0.0859. The van der Waals surface area contributed by atoms with Crippen LogP contribution in [0, 0.1) is 0 Å². The lowest BCUT2D eigenvalue weighted by atomic mass is 10.0. The Balaban J connectivity index is 1.33. The molecule has 4 atom stereocenters. The molecule has 0 amide bonds. The molecule has 4 heteroatoms. The molecule has 2 saturated heterocycles. The SMILES string of the molecule is C/C(Sc1ccccc1)=C1\C[C@@H]2O[C@H]1C[C@@H](OCc1ccccc1)[C@@H]2OCc1ccccc1. The van der Waals surface area contributed by atoms with Gasteiger partial charge < -0.3 is 14.2 Å². The second-order valence-corrected chi connectivity index (χ2v) is 9.98. The molecule has 2 aliphatic rings. The summed E-state index contributed by atoms with van der Waals surface area (Å²) in [5.41, 5.74) is 3.75. The van der Waals surface area contributed by atoms with Crippen molar-refractivity contribution < 1.29 is 14.2 Å². The first-order chi connectivity index (χ1) is 16.3. The van der Waals surface area contributed by atoms with Crippen LogP contribution in [0.15, 0.2) is 106 Å². The normalized spacial score (nSPS) is 25.7. The minimum absolute atomic E-state index is 0.00435. The summed E-state index contributed by atoms with van der Waals surface area (Å²) in [4.78, 5) is 2.59. The number of benzene rings is 3. The topological polar surface area (TPSA) is 27.7 Å². The van der Waals surface area contributed by atoms with Gasteiger partial charge in [-0.1, -0.05) is 90.6 Å². The van der Waals surface area contributed by atoms with E-state index >= 15 is 0 Å². The van der Waals surface area contributed by atoms with Crippen LogP contribution >= 0.6 is 11.8 Å². The van der Waals surface area contributed by atoms with Gasteiger partial charge in [0.05, 0.1) is 31.5 Å². The first-order valence-electron chi connectivity index (χ1n) is 11.7. The number of thioether (sulfide) groups is 1. The van der Waals surface area contributed by atoms with E-state index < -0.39 is 0 Å². The highest BCUT2D eigenvalue weighted by Gasteiger charge is 2.47. The summed E-state index contributed by atoms with van der Waals surface area (Å²) in [7, 11) is 0. The number of fused-ring (bicyclic) bond motifs is 2. The predicted octanol–water partition coefficient (Wildman–Crippen LogP) is 6.78. The van der Waals surface area contributed by atoms with E-state index in [2.05, 4.69) is 85.8 Å². The third-order valence-corrected chi connectivity index (χ3v) is 7.46. The van der Waals surface area contributed by atoms with E-state index in [-0.39, 0.29) is 24.4 Å². The van der Waals surface area contributed by atoms with Crippen molar-refractivity contribution in [3.8, 4) is 0 Å². The minimum Gasteiger partial charge on any atom is -0.371 e. The molecule has 0 aromatic heterocycles. The van der Waals surface area contributed by atoms with Gasteiger partial charge in [-0.3, -0.25) is 0 Å². The number of rotatable bonds is 8.